The Morgan fingerprint density at radius 1 is 1.16 bits per heavy atom. The van der Waals surface area contributed by atoms with Crippen LogP contribution in [0.3, 0.4) is 0 Å². The number of hydrogen-bond acceptors (Lipinski definition) is 4. The quantitative estimate of drug-likeness (QED) is 0.696. The molecule has 0 bridgehead atoms. The lowest BCUT2D eigenvalue weighted by Gasteiger charge is -2.14. The summed E-state index contributed by atoms with van der Waals surface area (Å²) in [6.45, 7) is 0.136. The molecule has 1 aromatic heterocycles. The van der Waals surface area contributed by atoms with E-state index in [1.807, 2.05) is 6.07 Å². The van der Waals surface area contributed by atoms with Gasteiger partial charge in [-0.05, 0) is 23.6 Å². The monoisotopic (exact) mass is 397 g/mol. The number of nitrogens with one attached hydrogen (secondary N) is 3. The lowest BCUT2D eigenvalue weighted by molar-refractivity contribution is -0.862. The molecule has 0 radical (unpaired) electrons. The van der Waals surface area contributed by atoms with Crippen LogP contribution in [-0.2, 0) is 9.59 Å². The molecule has 1 unspecified atom stereocenters. The fourth-order valence-electron chi connectivity index (χ4n) is 2.08. The maximum Gasteiger partial charge on any atom is 0.280 e. The molecular weight excluding hydrogens is 383 g/mol. The largest absolute Gasteiger partial charge is 0.322 e. The van der Waals surface area contributed by atoms with Gasteiger partial charge in [0.15, 0.2) is 13.1 Å². The highest BCUT2D eigenvalue weighted by Crippen LogP contribution is 2.29. The van der Waals surface area contributed by atoms with Crippen molar-refractivity contribution in [1.82, 2.24) is 0 Å². The van der Waals surface area contributed by atoms with Crippen LogP contribution in [0.1, 0.15) is 5.56 Å². The zero-order chi connectivity index (χ0) is 18.4. The minimum atomic E-state index is -0.311. The Hall–Kier alpha value is -2.11. The number of halogens is 2. The zero-order valence-electron chi connectivity index (χ0n) is 13.2. The van der Waals surface area contributed by atoms with Gasteiger partial charge in [-0.2, -0.15) is 5.26 Å². The molecular formula is C16H15Cl2N4O2S+. The van der Waals surface area contributed by atoms with Gasteiger partial charge in [0, 0.05) is 0 Å². The summed E-state index contributed by atoms with van der Waals surface area (Å²) < 4.78 is 0. The molecule has 130 valence electrons. The van der Waals surface area contributed by atoms with Crippen LogP contribution in [0.15, 0.2) is 29.6 Å². The number of nitrogens with zero attached hydrogens (tertiary/aromatic N) is 1. The normalized spacial score (nSPS) is 11.4. The van der Waals surface area contributed by atoms with Crippen molar-refractivity contribution in [3.63, 3.8) is 0 Å². The van der Waals surface area contributed by atoms with E-state index in [4.69, 9.17) is 28.5 Å². The van der Waals surface area contributed by atoms with Crippen molar-refractivity contribution in [3.05, 3.63) is 45.3 Å². The molecule has 0 aliphatic rings. The third-order valence-corrected chi connectivity index (χ3v) is 4.65. The van der Waals surface area contributed by atoms with Crippen LogP contribution < -0.4 is 15.5 Å². The standard InChI is InChI=1S/C16H14Cl2N4O2S/c1-22(9-14(24)21-16-10(7-19)5-6-25-16)8-13(23)20-15-11(17)3-2-4-12(15)18/h2-6H,8-9H2,1H3,(H,20,23)(H,21,24)/p+1. The third-order valence-electron chi connectivity index (χ3n) is 3.19. The molecule has 0 aliphatic heterocycles. The van der Waals surface area contributed by atoms with Crippen molar-refractivity contribution < 1.29 is 14.5 Å². The molecule has 1 heterocycles. The minimum Gasteiger partial charge on any atom is -0.322 e. The number of amides is 2. The molecule has 6 nitrogen and oxygen atoms in total. The van der Waals surface area contributed by atoms with Gasteiger partial charge < -0.3 is 15.5 Å². The number of hydrogen-bond donors (Lipinski definition) is 3. The van der Waals surface area contributed by atoms with Crippen LogP contribution >= 0.6 is 34.5 Å². The van der Waals surface area contributed by atoms with Gasteiger partial charge in [-0.3, -0.25) is 9.59 Å². The molecule has 2 amide bonds. The maximum atomic E-state index is 12.1. The summed E-state index contributed by atoms with van der Waals surface area (Å²) in [7, 11) is 1.72. The van der Waals surface area contributed by atoms with Crippen LogP contribution in [0.25, 0.3) is 0 Å². The lowest BCUT2D eigenvalue weighted by atomic mass is 10.3. The van der Waals surface area contributed by atoms with E-state index in [1.54, 1.807) is 36.7 Å². The second-order valence-corrected chi connectivity index (χ2v) is 7.01. The van der Waals surface area contributed by atoms with Gasteiger partial charge in [-0.15, -0.1) is 11.3 Å². The molecule has 2 rings (SSSR count). The highest BCUT2D eigenvalue weighted by atomic mass is 35.5. The van der Waals surface area contributed by atoms with Crippen LogP contribution in [0.2, 0.25) is 10.0 Å². The van der Waals surface area contributed by atoms with Gasteiger partial charge in [0.1, 0.15) is 11.1 Å². The molecule has 2 aromatic rings. The number of para-hydroxylation sites is 1. The Labute approximate surface area is 159 Å². The Balaban J connectivity index is 1.87. The Morgan fingerprint density at radius 3 is 2.36 bits per heavy atom. The lowest BCUT2D eigenvalue weighted by Crippen LogP contribution is -3.11. The minimum absolute atomic E-state index is 0.0600. The van der Waals surface area contributed by atoms with E-state index in [2.05, 4.69) is 10.6 Å². The zero-order valence-corrected chi connectivity index (χ0v) is 15.6. The van der Waals surface area contributed by atoms with Crippen LogP contribution in [0.5, 0.6) is 0 Å². The first kappa shape index (κ1) is 19.2. The topological polar surface area (TPSA) is 86.4 Å². The SMILES string of the molecule is C[NH+](CC(=O)Nc1sccc1C#N)CC(=O)Nc1c(Cl)cccc1Cl. The van der Waals surface area contributed by atoms with Crippen LogP contribution in [-0.4, -0.2) is 32.0 Å². The highest BCUT2D eigenvalue weighted by Gasteiger charge is 2.17. The predicted molar refractivity (Wildman–Crippen MR) is 99.4 cm³/mol. The fraction of sp³-hybridized carbons (Fsp3) is 0.188. The second-order valence-electron chi connectivity index (χ2n) is 5.28. The van der Waals surface area contributed by atoms with E-state index >= 15 is 0 Å². The Morgan fingerprint density at radius 2 is 1.76 bits per heavy atom. The van der Waals surface area contributed by atoms with Gasteiger partial charge in [-0.25, -0.2) is 0 Å². The van der Waals surface area contributed by atoms with Gasteiger partial charge in [0.05, 0.1) is 28.3 Å². The third kappa shape index (κ3) is 5.44. The molecule has 0 saturated heterocycles. The van der Waals surface area contributed by atoms with E-state index in [1.165, 1.54) is 11.3 Å². The second kappa shape index (κ2) is 8.83. The molecule has 9 heteroatoms. The average Bonchev–Trinajstić information content (AvgIpc) is 2.97. The summed E-state index contributed by atoms with van der Waals surface area (Å²) in [5.74, 6) is -0.589. The van der Waals surface area contributed by atoms with Crippen LogP contribution in [0.4, 0.5) is 10.7 Å². The van der Waals surface area contributed by atoms with Crippen LogP contribution in [0, 0.1) is 11.3 Å². The molecule has 25 heavy (non-hydrogen) atoms. The molecule has 0 fully saturated rings. The molecule has 0 aliphatic carbocycles. The average molecular weight is 398 g/mol. The molecule has 1 atom stereocenters. The van der Waals surface area contributed by atoms with E-state index in [9.17, 15) is 9.59 Å². The molecule has 0 spiro atoms. The first-order chi connectivity index (χ1) is 11.9. The summed E-state index contributed by atoms with van der Waals surface area (Å²) >= 11 is 13.3. The number of thiophene rings is 1. The summed E-state index contributed by atoms with van der Waals surface area (Å²) in [4.78, 5) is 24.8. The van der Waals surface area contributed by atoms with E-state index < -0.39 is 0 Å². The Bertz CT molecular complexity index is 812. The number of rotatable bonds is 6. The van der Waals surface area contributed by atoms with E-state index in [0.717, 1.165) is 0 Å². The first-order valence-electron chi connectivity index (χ1n) is 7.23. The van der Waals surface area contributed by atoms with Gasteiger partial charge in [-0.1, -0.05) is 29.3 Å². The molecule has 3 N–H and O–H groups in total. The smallest absolute Gasteiger partial charge is 0.280 e. The first-order valence-corrected chi connectivity index (χ1v) is 8.87. The van der Waals surface area contributed by atoms with Crippen molar-refractivity contribution in [1.29, 1.82) is 5.26 Å². The van der Waals surface area contributed by atoms with E-state index in [-0.39, 0.29) is 24.9 Å². The van der Waals surface area contributed by atoms with Crippen molar-refractivity contribution in [3.8, 4) is 6.07 Å². The molecule has 0 saturated carbocycles. The van der Waals surface area contributed by atoms with Gasteiger partial charge in [0.2, 0.25) is 0 Å². The predicted octanol–water partition coefficient (Wildman–Crippen LogP) is 2.02. The highest BCUT2D eigenvalue weighted by molar-refractivity contribution is 7.14. The Kier molecular flexibility index (Phi) is 6.79. The van der Waals surface area contributed by atoms with Crippen molar-refractivity contribution >= 4 is 57.0 Å². The summed E-state index contributed by atoms with van der Waals surface area (Å²) in [5.41, 5.74) is 0.771. The number of carbonyl (C=O) groups excluding carboxylic acids is 2. The summed E-state index contributed by atoms with van der Waals surface area (Å²) in [6.07, 6.45) is 0. The maximum absolute atomic E-state index is 12.1. The number of benzene rings is 1. The van der Waals surface area contributed by atoms with Crippen molar-refractivity contribution in [2.45, 2.75) is 0 Å². The number of quaternary nitrogens is 1. The number of likely N-dealkylation sites (N-methyl/N-ethyl adjacent to an activating group) is 1. The number of anilines is 2. The fourth-order valence-corrected chi connectivity index (χ4v) is 3.32. The van der Waals surface area contributed by atoms with Gasteiger partial charge in [0.25, 0.3) is 11.8 Å². The van der Waals surface area contributed by atoms with E-state index in [0.29, 0.717) is 31.2 Å². The van der Waals surface area contributed by atoms with Crippen molar-refractivity contribution in [2.75, 3.05) is 30.8 Å². The van der Waals surface area contributed by atoms with Gasteiger partial charge >= 0.3 is 0 Å². The number of carbonyl (C=O) groups is 2. The number of nitriles is 1. The summed E-state index contributed by atoms with van der Waals surface area (Å²) in [6, 6.07) is 8.58. The molecule has 1 aromatic carbocycles. The summed E-state index contributed by atoms with van der Waals surface area (Å²) in [5, 5.41) is 17.2. The van der Waals surface area contributed by atoms with Crippen molar-refractivity contribution in [2.24, 2.45) is 0 Å².